The lowest BCUT2D eigenvalue weighted by Gasteiger charge is -2.11. The number of amidine groups is 1. The first kappa shape index (κ1) is 22.0. The topological polar surface area (TPSA) is 97.2 Å². The second kappa shape index (κ2) is 9.13. The Morgan fingerprint density at radius 2 is 1.75 bits per heavy atom. The summed E-state index contributed by atoms with van der Waals surface area (Å²) in [5.41, 5.74) is 0.474. The monoisotopic (exact) mass is 467 g/mol. The summed E-state index contributed by atoms with van der Waals surface area (Å²) < 4.78 is 31.0. The van der Waals surface area contributed by atoms with Crippen LogP contribution in [0.3, 0.4) is 0 Å². The van der Waals surface area contributed by atoms with Gasteiger partial charge < -0.3 is 9.50 Å². The quantitative estimate of drug-likeness (QED) is 0.333. The SMILES string of the molecule is CC(C)[C@H]1S/C(=N\N=C/c2c(OS(=O)(=O)c3ccccc3)ccc3ccccc23)NC1=O. The fraction of sp³-hybridized carbons (Fsp3) is 0.174. The number of amides is 1. The van der Waals surface area contributed by atoms with Crippen molar-refractivity contribution in [2.24, 2.45) is 16.1 Å². The van der Waals surface area contributed by atoms with Gasteiger partial charge in [0.05, 0.1) is 11.5 Å². The van der Waals surface area contributed by atoms with E-state index in [1.807, 2.05) is 38.1 Å². The molecule has 1 heterocycles. The van der Waals surface area contributed by atoms with E-state index in [2.05, 4.69) is 15.5 Å². The van der Waals surface area contributed by atoms with E-state index in [1.54, 1.807) is 30.3 Å². The van der Waals surface area contributed by atoms with Gasteiger partial charge >= 0.3 is 10.1 Å². The molecule has 7 nitrogen and oxygen atoms in total. The lowest BCUT2D eigenvalue weighted by atomic mass is 10.0. The van der Waals surface area contributed by atoms with Gasteiger partial charge in [-0.25, -0.2) is 0 Å². The zero-order valence-electron chi connectivity index (χ0n) is 17.4. The van der Waals surface area contributed by atoms with Gasteiger partial charge in [0, 0.05) is 5.56 Å². The standard InChI is InChI=1S/C23H21N3O4S2/c1-15(2)21-22(27)25-23(31-21)26-24-14-19-18-11-7-6-8-16(18)12-13-20(19)30-32(28,29)17-9-4-3-5-10-17/h3-15,21H,1-2H3,(H,25,26,27)/b24-14-/t21-/m1/s1. The van der Waals surface area contributed by atoms with Gasteiger partial charge in [-0.3, -0.25) is 4.79 Å². The molecule has 1 amide bonds. The minimum absolute atomic E-state index is 0.0566. The zero-order valence-corrected chi connectivity index (χ0v) is 19.1. The molecular formula is C23H21N3O4S2. The van der Waals surface area contributed by atoms with Crippen LogP contribution in [0.1, 0.15) is 19.4 Å². The van der Waals surface area contributed by atoms with Crippen LogP contribution in [0.5, 0.6) is 5.75 Å². The molecule has 1 atom stereocenters. The predicted octanol–water partition coefficient (Wildman–Crippen LogP) is 4.19. The Balaban J connectivity index is 1.69. The molecule has 0 aromatic heterocycles. The lowest BCUT2D eigenvalue weighted by molar-refractivity contribution is -0.119. The summed E-state index contributed by atoms with van der Waals surface area (Å²) in [6.45, 7) is 3.94. The molecule has 0 aliphatic carbocycles. The van der Waals surface area contributed by atoms with Crippen LogP contribution in [0.15, 0.2) is 81.8 Å². The normalized spacial score (nSPS) is 18.0. The molecule has 3 aromatic carbocycles. The molecule has 164 valence electrons. The summed E-state index contributed by atoms with van der Waals surface area (Å²) in [4.78, 5) is 12.1. The Bertz CT molecular complexity index is 1320. The maximum Gasteiger partial charge on any atom is 0.339 e. The molecular weight excluding hydrogens is 446 g/mol. The van der Waals surface area contributed by atoms with Gasteiger partial charge in [0.1, 0.15) is 4.90 Å². The van der Waals surface area contributed by atoms with Crippen LogP contribution in [0.4, 0.5) is 0 Å². The molecule has 4 rings (SSSR count). The van der Waals surface area contributed by atoms with Crippen molar-refractivity contribution in [3.63, 3.8) is 0 Å². The first-order valence-corrected chi connectivity index (χ1v) is 12.2. The summed E-state index contributed by atoms with van der Waals surface area (Å²) in [6.07, 6.45) is 1.45. The van der Waals surface area contributed by atoms with Crippen molar-refractivity contribution in [3.05, 3.63) is 72.3 Å². The maximum absolute atomic E-state index is 12.8. The average molecular weight is 468 g/mol. The van der Waals surface area contributed by atoms with Crippen molar-refractivity contribution in [1.82, 2.24) is 5.32 Å². The zero-order chi connectivity index (χ0) is 22.7. The number of nitrogens with one attached hydrogen (secondary N) is 1. The van der Waals surface area contributed by atoms with Gasteiger partial charge in [-0.2, -0.15) is 13.5 Å². The lowest BCUT2D eigenvalue weighted by Crippen LogP contribution is -2.27. The highest BCUT2D eigenvalue weighted by Crippen LogP contribution is 2.30. The Labute approximate surface area is 190 Å². The Kier molecular flexibility index (Phi) is 6.29. The number of benzene rings is 3. The van der Waals surface area contributed by atoms with Gasteiger partial charge in [-0.1, -0.05) is 74.1 Å². The molecule has 1 saturated heterocycles. The fourth-order valence-corrected chi connectivity index (χ4v) is 5.14. The van der Waals surface area contributed by atoms with Crippen molar-refractivity contribution in [1.29, 1.82) is 0 Å². The maximum atomic E-state index is 12.8. The van der Waals surface area contributed by atoms with Gasteiger partial charge in [0.2, 0.25) is 5.91 Å². The highest BCUT2D eigenvalue weighted by molar-refractivity contribution is 8.15. The summed E-state index contributed by atoms with van der Waals surface area (Å²) in [7, 11) is -4.03. The van der Waals surface area contributed by atoms with Crippen LogP contribution in [-0.2, 0) is 14.9 Å². The number of fused-ring (bicyclic) bond motifs is 1. The summed E-state index contributed by atoms with van der Waals surface area (Å²) in [5.74, 6) is 0.208. The van der Waals surface area contributed by atoms with Crippen LogP contribution in [0.2, 0.25) is 0 Å². The van der Waals surface area contributed by atoms with Crippen LogP contribution in [0, 0.1) is 5.92 Å². The molecule has 1 aliphatic rings. The minimum Gasteiger partial charge on any atom is -0.378 e. The third kappa shape index (κ3) is 4.68. The summed E-state index contributed by atoms with van der Waals surface area (Å²) >= 11 is 1.33. The number of hydrogen-bond acceptors (Lipinski definition) is 7. The largest absolute Gasteiger partial charge is 0.378 e. The van der Waals surface area contributed by atoms with E-state index in [4.69, 9.17) is 4.18 Å². The number of thioether (sulfide) groups is 1. The molecule has 3 aromatic rings. The fourth-order valence-electron chi connectivity index (χ4n) is 3.24. The van der Waals surface area contributed by atoms with Crippen molar-refractivity contribution in [2.75, 3.05) is 0 Å². The average Bonchev–Trinajstić information content (AvgIpc) is 3.16. The van der Waals surface area contributed by atoms with Gasteiger partial charge in [0.25, 0.3) is 0 Å². The van der Waals surface area contributed by atoms with E-state index in [-0.39, 0.29) is 27.7 Å². The number of nitrogens with zero attached hydrogens (tertiary/aromatic N) is 2. The van der Waals surface area contributed by atoms with Crippen molar-refractivity contribution >= 4 is 49.9 Å². The van der Waals surface area contributed by atoms with E-state index < -0.39 is 10.1 Å². The number of rotatable bonds is 6. The molecule has 0 bridgehead atoms. The smallest absolute Gasteiger partial charge is 0.339 e. The third-order valence-electron chi connectivity index (χ3n) is 4.83. The third-order valence-corrected chi connectivity index (χ3v) is 7.50. The predicted molar refractivity (Wildman–Crippen MR) is 128 cm³/mol. The van der Waals surface area contributed by atoms with Crippen molar-refractivity contribution in [2.45, 2.75) is 24.0 Å². The minimum atomic E-state index is -4.03. The first-order chi connectivity index (χ1) is 15.3. The van der Waals surface area contributed by atoms with Gasteiger partial charge in [0.15, 0.2) is 10.9 Å². The van der Waals surface area contributed by atoms with Crippen molar-refractivity contribution in [3.8, 4) is 5.75 Å². The summed E-state index contributed by atoms with van der Waals surface area (Å²) in [5, 5.41) is 12.8. The molecule has 0 spiro atoms. The molecule has 1 N–H and O–H groups in total. The first-order valence-electron chi connectivity index (χ1n) is 9.95. The molecule has 32 heavy (non-hydrogen) atoms. The summed E-state index contributed by atoms with van der Waals surface area (Å²) in [6, 6.07) is 18.8. The van der Waals surface area contributed by atoms with Crippen LogP contribution in [0.25, 0.3) is 10.8 Å². The Hall–Kier alpha value is -3.17. The number of hydrogen-bond donors (Lipinski definition) is 1. The van der Waals surface area contributed by atoms with Gasteiger partial charge in [-0.15, -0.1) is 5.10 Å². The van der Waals surface area contributed by atoms with E-state index >= 15 is 0 Å². The molecule has 9 heteroatoms. The van der Waals surface area contributed by atoms with E-state index in [0.717, 1.165) is 10.8 Å². The van der Waals surface area contributed by atoms with Crippen molar-refractivity contribution < 1.29 is 17.4 Å². The van der Waals surface area contributed by atoms with E-state index in [9.17, 15) is 13.2 Å². The Morgan fingerprint density at radius 3 is 2.47 bits per heavy atom. The highest BCUT2D eigenvalue weighted by atomic mass is 32.2. The van der Waals surface area contributed by atoms with E-state index in [0.29, 0.717) is 10.7 Å². The van der Waals surface area contributed by atoms with Gasteiger partial charge in [-0.05, 0) is 34.9 Å². The van der Waals surface area contributed by atoms with Crippen LogP contribution in [-0.4, -0.2) is 31.0 Å². The molecule has 1 aliphatic heterocycles. The molecule has 0 unspecified atom stereocenters. The second-order valence-corrected chi connectivity index (χ2v) is 10.1. The van der Waals surface area contributed by atoms with Crippen LogP contribution < -0.4 is 9.50 Å². The van der Waals surface area contributed by atoms with Crippen LogP contribution >= 0.6 is 11.8 Å². The highest BCUT2D eigenvalue weighted by Gasteiger charge is 2.32. The molecule has 1 fully saturated rings. The number of carbonyl (C=O) groups is 1. The van der Waals surface area contributed by atoms with E-state index in [1.165, 1.54) is 30.1 Å². The molecule has 0 saturated carbocycles. The molecule has 0 radical (unpaired) electrons. The number of carbonyl (C=O) groups excluding carboxylic acids is 1. The second-order valence-electron chi connectivity index (χ2n) is 7.47. The Morgan fingerprint density at radius 1 is 1.03 bits per heavy atom.